The number of para-hydroxylation sites is 1. The molecule has 0 amide bonds. The molecule has 0 spiro atoms. The van der Waals surface area contributed by atoms with Gasteiger partial charge in [-0.2, -0.15) is 0 Å². The third-order valence-electron chi connectivity index (χ3n) is 4.81. The first-order valence-corrected chi connectivity index (χ1v) is 10.2. The summed E-state index contributed by atoms with van der Waals surface area (Å²) >= 11 is 1.78. The molecule has 1 aromatic heterocycles. The lowest BCUT2D eigenvalue weighted by Gasteiger charge is -2.27. The number of rotatable bonds is 9. The van der Waals surface area contributed by atoms with Gasteiger partial charge in [0.05, 0.1) is 6.10 Å². The minimum absolute atomic E-state index is 0.278. The maximum atomic E-state index is 10.5. The van der Waals surface area contributed by atoms with Gasteiger partial charge in [0.2, 0.25) is 0 Å². The molecule has 2 atom stereocenters. The quantitative estimate of drug-likeness (QED) is 0.724. The Morgan fingerprint density at radius 3 is 2.81 bits per heavy atom. The molecular weight excluding hydrogens is 346 g/mol. The fraction of sp³-hybridized carbons (Fsp3) is 0.524. The second-order valence-corrected chi connectivity index (χ2v) is 8.09. The summed E-state index contributed by atoms with van der Waals surface area (Å²) in [4.78, 5) is 3.66. The average Bonchev–Trinajstić information content (AvgIpc) is 3.26. The van der Waals surface area contributed by atoms with E-state index in [-0.39, 0.29) is 6.10 Å². The highest BCUT2D eigenvalue weighted by Crippen LogP contribution is 2.21. The number of aliphatic hydroxyl groups excluding tert-OH is 1. The highest BCUT2D eigenvalue weighted by atomic mass is 32.1. The molecule has 0 saturated carbocycles. The Morgan fingerprint density at radius 1 is 1.27 bits per heavy atom. The van der Waals surface area contributed by atoms with Crippen LogP contribution in [0.4, 0.5) is 0 Å². The van der Waals surface area contributed by atoms with Crippen LogP contribution in [0.25, 0.3) is 0 Å². The van der Waals surface area contributed by atoms with E-state index < -0.39 is 6.10 Å². The van der Waals surface area contributed by atoms with Gasteiger partial charge in [-0.1, -0.05) is 18.2 Å². The van der Waals surface area contributed by atoms with E-state index in [2.05, 4.69) is 23.3 Å². The summed E-state index contributed by atoms with van der Waals surface area (Å²) in [6.07, 6.45) is 1.99. The van der Waals surface area contributed by atoms with Crippen LogP contribution < -0.4 is 4.74 Å². The molecule has 3 rings (SSSR count). The fourth-order valence-electron chi connectivity index (χ4n) is 3.30. The van der Waals surface area contributed by atoms with Crippen molar-refractivity contribution in [2.24, 2.45) is 0 Å². The normalized spacial score (nSPS) is 18.4. The highest BCUT2D eigenvalue weighted by Gasteiger charge is 2.22. The molecule has 2 unspecified atom stereocenters. The molecule has 1 saturated heterocycles. The van der Waals surface area contributed by atoms with Crippen molar-refractivity contribution in [2.75, 3.05) is 26.3 Å². The molecule has 1 aromatic carbocycles. The van der Waals surface area contributed by atoms with Crippen LogP contribution >= 0.6 is 11.3 Å². The summed E-state index contributed by atoms with van der Waals surface area (Å²) in [5, 5.41) is 12.7. The van der Waals surface area contributed by atoms with E-state index in [0.29, 0.717) is 13.2 Å². The van der Waals surface area contributed by atoms with Gasteiger partial charge in [-0.05, 0) is 55.3 Å². The molecule has 5 heteroatoms. The Morgan fingerprint density at radius 2 is 2.12 bits per heavy atom. The van der Waals surface area contributed by atoms with Crippen LogP contribution in [0, 0.1) is 13.8 Å². The van der Waals surface area contributed by atoms with E-state index in [1.54, 1.807) is 11.3 Å². The van der Waals surface area contributed by atoms with Crippen molar-refractivity contribution in [2.45, 2.75) is 45.4 Å². The Hall–Kier alpha value is -1.40. The number of hydrogen-bond acceptors (Lipinski definition) is 5. The molecule has 0 aliphatic carbocycles. The maximum absolute atomic E-state index is 10.5. The predicted octanol–water partition coefficient (Wildman–Crippen LogP) is 3.79. The lowest BCUT2D eigenvalue weighted by Crippen LogP contribution is -2.39. The van der Waals surface area contributed by atoms with Crippen molar-refractivity contribution in [3.05, 3.63) is 51.7 Å². The Bertz CT molecular complexity index is 681. The topological polar surface area (TPSA) is 41.9 Å². The molecular formula is C21H29NO3S. The third-order valence-corrected chi connectivity index (χ3v) is 5.82. The van der Waals surface area contributed by atoms with Crippen LogP contribution in [0.1, 0.15) is 28.8 Å². The summed E-state index contributed by atoms with van der Waals surface area (Å²) in [5.74, 6) is 0.839. The van der Waals surface area contributed by atoms with Crippen molar-refractivity contribution < 1.29 is 14.6 Å². The van der Waals surface area contributed by atoms with Crippen LogP contribution in [0.2, 0.25) is 0 Å². The molecule has 1 aliphatic rings. The molecule has 0 bridgehead atoms. The van der Waals surface area contributed by atoms with Crippen LogP contribution in [0.5, 0.6) is 5.75 Å². The van der Waals surface area contributed by atoms with Gasteiger partial charge < -0.3 is 14.6 Å². The minimum atomic E-state index is -0.531. The first-order chi connectivity index (χ1) is 12.6. The molecule has 1 fully saturated rings. The molecule has 26 heavy (non-hydrogen) atoms. The number of hydrogen-bond donors (Lipinski definition) is 1. The zero-order chi connectivity index (χ0) is 18.4. The van der Waals surface area contributed by atoms with E-state index in [0.717, 1.165) is 43.9 Å². The summed E-state index contributed by atoms with van der Waals surface area (Å²) < 4.78 is 11.6. The Labute approximate surface area is 160 Å². The van der Waals surface area contributed by atoms with Gasteiger partial charge in [-0.25, -0.2) is 0 Å². The molecule has 2 heterocycles. The monoisotopic (exact) mass is 375 g/mol. The van der Waals surface area contributed by atoms with Crippen molar-refractivity contribution in [3.63, 3.8) is 0 Å². The zero-order valence-electron chi connectivity index (χ0n) is 15.7. The van der Waals surface area contributed by atoms with Gasteiger partial charge in [0.15, 0.2) is 0 Å². The summed E-state index contributed by atoms with van der Waals surface area (Å²) in [7, 11) is 0. The van der Waals surface area contributed by atoms with E-state index >= 15 is 0 Å². The summed E-state index contributed by atoms with van der Waals surface area (Å²) in [6.45, 7) is 7.62. The molecule has 1 N–H and O–H groups in total. The van der Waals surface area contributed by atoms with Crippen molar-refractivity contribution >= 4 is 11.3 Å². The SMILES string of the molecule is Cc1ccccc1OCC(O)CN(Cc1sccc1C)CC1CCCO1. The lowest BCUT2D eigenvalue weighted by atomic mass is 10.2. The summed E-state index contributed by atoms with van der Waals surface area (Å²) in [5.41, 5.74) is 2.41. The second kappa shape index (κ2) is 9.51. The number of aryl methyl sites for hydroxylation is 2. The van der Waals surface area contributed by atoms with E-state index in [9.17, 15) is 5.11 Å². The van der Waals surface area contributed by atoms with Crippen molar-refractivity contribution in [3.8, 4) is 5.75 Å². The molecule has 142 valence electrons. The third kappa shape index (κ3) is 5.55. The van der Waals surface area contributed by atoms with Gasteiger partial charge in [0.25, 0.3) is 0 Å². The van der Waals surface area contributed by atoms with Gasteiger partial charge >= 0.3 is 0 Å². The van der Waals surface area contributed by atoms with Crippen molar-refractivity contribution in [1.82, 2.24) is 4.90 Å². The van der Waals surface area contributed by atoms with Gasteiger partial charge in [-0.15, -0.1) is 11.3 Å². The predicted molar refractivity (Wildman–Crippen MR) is 106 cm³/mol. The van der Waals surface area contributed by atoms with Crippen LogP contribution in [-0.4, -0.2) is 48.5 Å². The number of nitrogens with zero attached hydrogens (tertiary/aromatic N) is 1. The van der Waals surface area contributed by atoms with Crippen LogP contribution in [0.15, 0.2) is 35.7 Å². The summed E-state index contributed by atoms with van der Waals surface area (Å²) in [6, 6.07) is 10.1. The first-order valence-electron chi connectivity index (χ1n) is 9.35. The molecule has 0 radical (unpaired) electrons. The smallest absolute Gasteiger partial charge is 0.122 e. The number of benzene rings is 1. The highest BCUT2D eigenvalue weighted by molar-refractivity contribution is 7.10. The Balaban J connectivity index is 1.56. The largest absolute Gasteiger partial charge is 0.491 e. The molecule has 4 nitrogen and oxygen atoms in total. The first kappa shape index (κ1) is 19.4. The fourth-order valence-corrected chi connectivity index (χ4v) is 4.25. The van der Waals surface area contributed by atoms with E-state index in [4.69, 9.17) is 9.47 Å². The number of ether oxygens (including phenoxy) is 2. The van der Waals surface area contributed by atoms with Crippen LogP contribution in [0.3, 0.4) is 0 Å². The van der Waals surface area contributed by atoms with Gasteiger partial charge in [-0.3, -0.25) is 4.90 Å². The molecule has 2 aromatic rings. The number of aliphatic hydroxyl groups is 1. The van der Waals surface area contributed by atoms with Gasteiger partial charge in [0.1, 0.15) is 18.5 Å². The van der Waals surface area contributed by atoms with Crippen LogP contribution in [-0.2, 0) is 11.3 Å². The van der Waals surface area contributed by atoms with Gasteiger partial charge in [0, 0.05) is 31.1 Å². The lowest BCUT2D eigenvalue weighted by molar-refractivity contribution is 0.0316. The van der Waals surface area contributed by atoms with E-state index in [1.807, 2.05) is 31.2 Å². The zero-order valence-corrected chi connectivity index (χ0v) is 16.5. The van der Waals surface area contributed by atoms with Crippen molar-refractivity contribution in [1.29, 1.82) is 0 Å². The van der Waals surface area contributed by atoms with E-state index in [1.165, 1.54) is 10.4 Å². The molecule has 1 aliphatic heterocycles. The Kier molecular flexibility index (Phi) is 7.08. The maximum Gasteiger partial charge on any atom is 0.122 e. The standard InChI is InChI=1S/C21H29NO3S/c1-16-6-3-4-8-20(16)25-15-18(23)12-22(13-19-7-5-10-24-19)14-21-17(2)9-11-26-21/h3-4,6,8-9,11,18-19,23H,5,7,10,12-15H2,1-2H3. The second-order valence-electron chi connectivity index (χ2n) is 7.09. The number of thiophene rings is 1. The average molecular weight is 376 g/mol. The minimum Gasteiger partial charge on any atom is -0.491 e.